The summed E-state index contributed by atoms with van der Waals surface area (Å²) in [5, 5.41) is 0. The van der Waals surface area contributed by atoms with Crippen molar-refractivity contribution in [1.82, 2.24) is 0 Å². The third-order valence-electron chi connectivity index (χ3n) is 7.55. The molecule has 0 N–H and O–H groups in total. The molecule has 0 aliphatic rings. The van der Waals surface area contributed by atoms with E-state index in [1.807, 2.05) is 0 Å². The summed E-state index contributed by atoms with van der Waals surface area (Å²) in [5.41, 5.74) is 10.3. The van der Waals surface area contributed by atoms with Crippen molar-refractivity contribution in [3.8, 4) is 0 Å². The highest BCUT2D eigenvalue weighted by Gasteiger charge is 2.26. The first kappa shape index (κ1) is 34.0. The predicted octanol–water partition coefficient (Wildman–Crippen LogP) is 12.9. The van der Waals surface area contributed by atoms with Gasteiger partial charge in [0.1, 0.15) is 0 Å². The summed E-state index contributed by atoms with van der Waals surface area (Å²) in [7, 11) is 0. The highest BCUT2D eigenvalue weighted by Crippen LogP contribution is 2.39. The average molecular weight is 780 g/mol. The summed E-state index contributed by atoms with van der Waals surface area (Å²) in [6, 6.07) is 26.5. The lowest BCUT2D eigenvalue weighted by Gasteiger charge is -2.28. The van der Waals surface area contributed by atoms with Crippen LogP contribution in [0.5, 0.6) is 0 Å². The minimum atomic E-state index is -0.0858. The monoisotopic (exact) mass is 776 g/mol. The Hall–Kier alpha value is -1.20. The summed E-state index contributed by atoms with van der Waals surface area (Å²) in [4.78, 5) is 0. The highest BCUT2D eigenvalue weighted by molar-refractivity contribution is 9.11. The van der Waals surface area contributed by atoms with Crippen molar-refractivity contribution >= 4 is 63.7 Å². The van der Waals surface area contributed by atoms with Gasteiger partial charge in [0.15, 0.2) is 0 Å². The van der Waals surface area contributed by atoms with E-state index in [1.165, 1.54) is 44.5 Å². The number of benzene rings is 4. The molecule has 0 saturated carbocycles. The molecule has 4 heteroatoms. The van der Waals surface area contributed by atoms with Crippen molar-refractivity contribution in [1.29, 1.82) is 0 Å². The van der Waals surface area contributed by atoms with E-state index in [-0.39, 0.29) is 18.3 Å². The fourth-order valence-electron chi connectivity index (χ4n) is 4.29. The maximum Gasteiger partial charge on any atom is 0.0218 e. The molecule has 0 bridgehead atoms. The second-order valence-corrected chi connectivity index (χ2v) is 14.5. The van der Waals surface area contributed by atoms with Crippen molar-refractivity contribution in [2.24, 2.45) is 0 Å². The van der Waals surface area contributed by atoms with Crippen LogP contribution < -0.4 is 0 Å². The summed E-state index contributed by atoms with van der Waals surface area (Å²) < 4.78 is 4.52. The SMILES string of the molecule is C.Cc1c(Br)cc(C(C)(C)c2cc(Br)c(C)c(Br)c2)cc1Br.Cc1ccc(C(C)(C)c2ccc(C)cc2)cc1. The van der Waals surface area contributed by atoms with Gasteiger partial charge >= 0.3 is 0 Å². The Bertz CT molecular complexity index is 1260. The zero-order valence-electron chi connectivity index (χ0n) is 23.4. The van der Waals surface area contributed by atoms with E-state index < -0.39 is 0 Å². The lowest BCUT2D eigenvalue weighted by molar-refractivity contribution is 0.638. The topological polar surface area (TPSA) is 0 Å². The van der Waals surface area contributed by atoms with Gasteiger partial charge in [-0.1, -0.05) is 158 Å². The van der Waals surface area contributed by atoms with Crippen molar-refractivity contribution in [2.75, 3.05) is 0 Å². The smallest absolute Gasteiger partial charge is 0.0218 e. The molecule has 0 radical (unpaired) electrons. The van der Waals surface area contributed by atoms with Gasteiger partial charge in [-0.3, -0.25) is 0 Å². The Morgan fingerprint density at radius 2 is 0.641 bits per heavy atom. The molecule has 4 rings (SSSR count). The Morgan fingerprint density at radius 3 is 0.897 bits per heavy atom. The molecule has 208 valence electrons. The van der Waals surface area contributed by atoms with Gasteiger partial charge in [0.2, 0.25) is 0 Å². The van der Waals surface area contributed by atoms with Gasteiger partial charge in [0.25, 0.3) is 0 Å². The molecular formula is C35H40Br4. The second-order valence-electron chi connectivity index (χ2n) is 11.1. The first-order chi connectivity index (χ1) is 17.6. The molecule has 0 aliphatic carbocycles. The van der Waals surface area contributed by atoms with Gasteiger partial charge in [-0.25, -0.2) is 0 Å². The van der Waals surface area contributed by atoms with E-state index in [9.17, 15) is 0 Å². The second kappa shape index (κ2) is 13.6. The Balaban J connectivity index is 0.000000272. The molecule has 0 atom stereocenters. The molecule has 39 heavy (non-hydrogen) atoms. The van der Waals surface area contributed by atoms with Crippen molar-refractivity contribution < 1.29 is 0 Å². The Labute approximate surface area is 270 Å². The molecule has 0 unspecified atom stereocenters. The van der Waals surface area contributed by atoms with E-state index in [0.29, 0.717) is 0 Å². The third-order valence-corrected chi connectivity index (χ3v) is 10.8. The fraction of sp³-hybridized carbons (Fsp3) is 0.314. The van der Waals surface area contributed by atoms with Crippen molar-refractivity contribution in [2.45, 2.75) is 73.6 Å². The number of rotatable bonds is 4. The molecule has 4 aromatic carbocycles. The van der Waals surface area contributed by atoms with Crippen LogP contribution in [0.25, 0.3) is 0 Å². The van der Waals surface area contributed by atoms with Crippen molar-refractivity contribution in [3.05, 3.63) is 135 Å². The standard InChI is InChI=1S/C17H16Br4.C17H20.CH4/c1-9-13(18)5-11(6-14(9)19)17(3,4)12-7-15(20)10(2)16(21)8-12;1-13-5-9-15(10-6-13)17(3,4)16-11-7-14(2)8-12-16;/h5-8H,1-4H3;5-12H,1-4H3;1H4. The van der Waals surface area contributed by atoms with Crippen LogP contribution in [0.1, 0.15) is 79.6 Å². The molecule has 0 aromatic heterocycles. The zero-order valence-corrected chi connectivity index (χ0v) is 29.8. The first-order valence-corrected chi connectivity index (χ1v) is 15.9. The van der Waals surface area contributed by atoms with E-state index in [0.717, 1.165) is 17.9 Å². The lowest BCUT2D eigenvalue weighted by atomic mass is 9.78. The molecular weight excluding hydrogens is 740 g/mol. The van der Waals surface area contributed by atoms with Crippen LogP contribution in [0, 0.1) is 27.7 Å². The molecule has 0 aliphatic heterocycles. The number of hydrogen-bond acceptors (Lipinski definition) is 0. The summed E-state index contributed by atoms with van der Waals surface area (Å²) in [5.74, 6) is 0. The summed E-state index contributed by atoms with van der Waals surface area (Å²) >= 11 is 14.6. The molecule has 0 saturated heterocycles. The predicted molar refractivity (Wildman–Crippen MR) is 187 cm³/mol. The van der Waals surface area contributed by atoms with Gasteiger partial charge in [-0.05, 0) is 85.3 Å². The van der Waals surface area contributed by atoms with Crippen LogP contribution in [0.15, 0.2) is 90.7 Å². The molecule has 0 spiro atoms. The van der Waals surface area contributed by atoms with Gasteiger partial charge in [0, 0.05) is 28.7 Å². The van der Waals surface area contributed by atoms with Gasteiger partial charge in [0.05, 0.1) is 0 Å². The van der Waals surface area contributed by atoms with Crippen LogP contribution in [0.2, 0.25) is 0 Å². The Kier molecular flexibility index (Phi) is 11.9. The van der Waals surface area contributed by atoms with E-state index >= 15 is 0 Å². The number of aryl methyl sites for hydroxylation is 2. The van der Waals surface area contributed by atoms with Crippen LogP contribution in [0.4, 0.5) is 0 Å². The maximum absolute atomic E-state index is 3.65. The number of halogens is 4. The van der Waals surface area contributed by atoms with Crippen LogP contribution >= 0.6 is 63.7 Å². The first-order valence-electron chi connectivity index (χ1n) is 12.7. The lowest BCUT2D eigenvalue weighted by Crippen LogP contribution is -2.19. The van der Waals surface area contributed by atoms with Crippen LogP contribution in [-0.4, -0.2) is 0 Å². The largest absolute Gasteiger partial charge is 0.0776 e. The van der Waals surface area contributed by atoms with Crippen LogP contribution in [0.3, 0.4) is 0 Å². The van der Waals surface area contributed by atoms with E-state index in [2.05, 4.69) is 192 Å². The van der Waals surface area contributed by atoms with Gasteiger partial charge < -0.3 is 0 Å². The molecule has 0 fully saturated rings. The maximum atomic E-state index is 3.65. The van der Waals surface area contributed by atoms with Gasteiger partial charge in [-0.2, -0.15) is 0 Å². The highest BCUT2D eigenvalue weighted by atomic mass is 79.9. The fourth-order valence-corrected chi connectivity index (χ4v) is 6.66. The van der Waals surface area contributed by atoms with Crippen molar-refractivity contribution in [3.63, 3.8) is 0 Å². The van der Waals surface area contributed by atoms with Crippen LogP contribution in [-0.2, 0) is 10.8 Å². The summed E-state index contributed by atoms with van der Waals surface area (Å²) in [6.07, 6.45) is 0. The summed E-state index contributed by atoms with van der Waals surface area (Å²) in [6.45, 7) is 17.5. The molecule has 0 amide bonds. The van der Waals surface area contributed by atoms with Gasteiger partial charge in [-0.15, -0.1) is 0 Å². The third kappa shape index (κ3) is 7.97. The molecule has 4 aromatic rings. The zero-order chi connectivity index (χ0) is 28.4. The average Bonchev–Trinajstić information content (AvgIpc) is 2.86. The number of hydrogen-bond donors (Lipinski definition) is 0. The minimum Gasteiger partial charge on any atom is -0.0776 e. The molecule has 0 nitrogen and oxygen atoms in total. The normalized spacial score (nSPS) is 11.4. The molecule has 0 heterocycles. The quantitative estimate of drug-likeness (QED) is 0.194. The minimum absolute atomic E-state index is 0. The van der Waals surface area contributed by atoms with E-state index in [4.69, 9.17) is 0 Å². The van der Waals surface area contributed by atoms with E-state index in [1.54, 1.807) is 0 Å². The Morgan fingerprint density at radius 1 is 0.410 bits per heavy atom.